The Morgan fingerprint density at radius 3 is 1.53 bits per heavy atom. The van der Waals surface area contributed by atoms with E-state index in [1.54, 1.807) is 0 Å². The van der Waals surface area contributed by atoms with E-state index in [1.807, 2.05) is 36.4 Å². The summed E-state index contributed by atoms with van der Waals surface area (Å²) in [6, 6.07) is 53.4. The van der Waals surface area contributed by atoms with Crippen molar-refractivity contribution in [1.82, 2.24) is 14.1 Å². The molecule has 0 aliphatic rings. The first kappa shape index (κ1) is 23.8. The fourth-order valence-corrected chi connectivity index (χ4v) is 6.53. The Morgan fingerprint density at radius 1 is 0.419 bits per heavy atom. The fourth-order valence-electron chi connectivity index (χ4n) is 6.53. The first-order valence-electron chi connectivity index (χ1n) is 14.5. The number of nitrogens with zero attached hydrogens (tertiary/aromatic N) is 3. The molecule has 0 bridgehead atoms. The SMILES string of the molecule is c1ccc(-c2nc(-n3c4ccccc4c4ccc5c6ccccc6n(-c6ccccc6)c5c43)oc2-c2ccccc2)cc1. The Morgan fingerprint density at radius 2 is 0.907 bits per heavy atom. The molecule has 0 saturated heterocycles. The van der Waals surface area contributed by atoms with Crippen LogP contribution in [-0.2, 0) is 0 Å². The second-order valence-corrected chi connectivity index (χ2v) is 10.8. The van der Waals surface area contributed by atoms with E-state index in [-0.39, 0.29) is 0 Å². The molecule has 0 radical (unpaired) electrons. The van der Waals surface area contributed by atoms with E-state index in [9.17, 15) is 0 Å². The highest BCUT2D eigenvalue weighted by atomic mass is 16.4. The molecule has 0 N–H and O–H groups in total. The van der Waals surface area contributed by atoms with Crippen molar-refractivity contribution in [3.05, 3.63) is 152 Å². The number of fused-ring (bicyclic) bond motifs is 7. The van der Waals surface area contributed by atoms with Crippen molar-refractivity contribution in [2.75, 3.05) is 0 Å². The van der Waals surface area contributed by atoms with Gasteiger partial charge in [-0.05, 0) is 24.3 Å². The number of benzene rings is 6. The zero-order chi connectivity index (χ0) is 28.3. The lowest BCUT2D eigenvalue weighted by Crippen LogP contribution is -1.99. The molecule has 0 atom stereocenters. The molecular formula is C39H25N3O. The Labute approximate surface area is 247 Å². The van der Waals surface area contributed by atoms with Gasteiger partial charge < -0.3 is 8.98 Å². The molecule has 3 heterocycles. The van der Waals surface area contributed by atoms with E-state index in [0.29, 0.717) is 6.01 Å². The highest BCUT2D eigenvalue weighted by Crippen LogP contribution is 2.43. The van der Waals surface area contributed by atoms with Crippen molar-refractivity contribution >= 4 is 43.6 Å². The lowest BCUT2D eigenvalue weighted by molar-refractivity contribution is 0.548. The van der Waals surface area contributed by atoms with Gasteiger partial charge in [0.05, 0.1) is 22.1 Å². The number of aromatic nitrogens is 3. The van der Waals surface area contributed by atoms with Crippen molar-refractivity contribution in [1.29, 1.82) is 0 Å². The van der Waals surface area contributed by atoms with Gasteiger partial charge in [-0.25, -0.2) is 0 Å². The van der Waals surface area contributed by atoms with Crippen molar-refractivity contribution in [3.63, 3.8) is 0 Å². The molecule has 3 aromatic heterocycles. The average Bonchev–Trinajstić information content (AvgIpc) is 3.76. The topological polar surface area (TPSA) is 35.9 Å². The summed E-state index contributed by atoms with van der Waals surface area (Å²) < 4.78 is 11.4. The summed E-state index contributed by atoms with van der Waals surface area (Å²) in [7, 11) is 0. The van der Waals surface area contributed by atoms with Gasteiger partial charge in [-0.15, -0.1) is 0 Å². The van der Waals surface area contributed by atoms with Crippen molar-refractivity contribution in [2.45, 2.75) is 0 Å². The lowest BCUT2D eigenvalue weighted by Gasteiger charge is -2.10. The van der Waals surface area contributed by atoms with E-state index in [0.717, 1.165) is 61.1 Å². The van der Waals surface area contributed by atoms with Gasteiger partial charge in [-0.1, -0.05) is 127 Å². The van der Waals surface area contributed by atoms with Crippen molar-refractivity contribution < 1.29 is 4.42 Å². The predicted molar refractivity (Wildman–Crippen MR) is 176 cm³/mol. The Hall–Kier alpha value is -5.87. The van der Waals surface area contributed by atoms with Crippen LogP contribution in [0.15, 0.2) is 156 Å². The largest absolute Gasteiger partial charge is 0.422 e. The number of oxazole rings is 1. The Balaban J connectivity index is 1.47. The summed E-state index contributed by atoms with van der Waals surface area (Å²) in [5.41, 5.74) is 8.35. The van der Waals surface area contributed by atoms with Crippen LogP contribution in [0.2, 0.25) is 0 Å². The molecule has 0 amide bonds. The van der Waals surface area contributed by atoms with Crippen LogP contribution in [0.5, 0.6) is 0 Å². The van der Waals surface area contributed by atoms with E-state index >= 15 is 0 Å². The first-order chi connectivity index (χ1) is 21.4. The average molecular weight is 552 g/mol. The van der Waals surface area contributed by atoms with Gasteiger partial charge in [0.15, 0.2) is 5.76 Å². The van der Waals surface area contributed by atoms with Crippen LogP contribution in [0.25, 0.3) is 77.9 Å². The normalized spacial score (nSPS) is 11.7. The second kappa shape index (κ2) is 9.33. The molecule has 9 rings (SSSR count). The minimum absolute atomic E-state index is 0.543. The molecule has 0 unspecified atom stereocenters. The molecule has 0 aliphatic carbocycles. The van der Waals surface area contributed by atoms with Gasteiger partial charge in [0.25, 0.3) is 0 Å². The number of rotatable bonds is 4. The summed E-state index contributed by atoms with van der Waals surface area (Å²) in [5.74, 6) is 0.753. The number of para-hydroxylation sites is 3. The first-order valence-corrected chi connectivity index (χ1v) is 14.5. The van der Waals surface area contributed by atoms with E-state index in [1.165, 1.54) is 10.8 Å². The number of hydrogen-bond acceptors (Lipinski definition) is 2. The molecule has 0 aliphatic heterocycles. The monoisotopic (exact) mass is 551 g/mol. The zero-order valence-electron chi connectivity index (χ0n) is 23.2. The fraction of sp³-hybridized carbons (Fsp3) is 0. The highest BCUT2D eigenvalue weighted by molar-refractivity contribution is 6.23. The van der Waals surface area contributed by atoms with Gasteiger partial charge in [0.1, 0.15) is 5.69 Å². The maximum atomic E-state index is 6.83. The maximum absolute atomic E-state index is 6.83. The van der Waals surface area contributed by atoms with Gasteiger partial charge in [-0.2, -0.15) is 4.98 Å². The van der Waals surface area contributed by atoms with Crippen molar-refractivity contribution in [3.8, 4) is 34.3 Å². The molecular weight excluding hydrogens is 526 g/mol. The van der Waals surface area contributed by atoms with Gasteiger partial charge in [0, 0.05) is 38.4 Å². The number of hydrogen-bond donors (Lipinski definition) is 0. The third kappa shape index (κ3) is 3.53. The summed E-state index contributed by atoms with van der Waals surface area (Å²) in [5, 5.41) is 4.71. The van der Waals surface area contributed by atoms with Crippen LogP contribution < -0.4 is 0 Å². The smallest absolute Gasteiger partial charge is 0.307 e. The Bertz CT molecular complexity index is 2380. The minimum Gasteiger partial charge on any atom is -0.422 e. The highest BCUT2D eigenvalue weighted by Gasteiger charge is 2.25. The van der Waals surface area contributed by atoms with Crippen LogP contribution in [0.3, 0.4) is 0 Å². The minimum atomic E-state index is 0.543. The summed E-state index contributed by atoms with van der Waals surface area (Å²) in [6.45, 7) is 0. The quantitative estimate of drug-likeness (QED) is 0.218. The molecule has 202 valence electrons. The standard InChI is InChI=1S/C39H25N3O/c1-4-14-26(15-5-1)35-38(27-16-6-2-7-17-27)43-39(40-35)42-34-23-13-11-21-30(34)32-25-24-31-29-20-10-12-22-33(29)41(36(31)37(32)42)28-18-8-3-9-19-28/h1-25H. The van der Waals surface area contributed by atoms with E-state index in [2.05, 4.69) is 124 Å². The molecule has 43 heavy (non-hydrogen) atoms. The van der Waals surface area contributed by atoms with Crippen LogP contribution in [0, 0.1) is 0 Å². The second-order valence-electron chi connectivity index (χ2n) is 10.8. The molecule has 0 saturated carbocycles. The van der Waals surface area contributed by atoms with Crippen LogP contribution in [0.1, 0.15) is 0 Å². The molecule has 0 spiro atoms. The molecule has 4 heteroatoms. The molecule has 0 fully saturated rings. The van der Waals surface area contributed by atoms with Gasteiger partial charge >= 0.3 is 6.01 Å². The Kier molecular flexibility index (Phi) is 5.16. The zero-order valence-corrected chi connectivity index (χ0v) is 23.2. The van der Waals surface area contributed by atoms with Gasteiger partial charge in [-0.3, -0.25) is 4.57 Å². The summed E-state index contributed by atoms with van der Waals surface area (Å²) in [4.78, 5) is 5.25. The van der Waals surface area contributed by atoms with E-state index in [4.69, 9.17) is 9.40 Å². The summed E-state index contributed by atoms with van der Waals surface area (Å²) >= 11 is 0. The molecule has 4 nitrogen and oxygen atoms in total. The lowest BCUT2D eigenvalue weighted by atomic mass is 10.1. The third-order valence-corrected chi connectivity index (χ3v) is 8.37. The van der Waals surface area contributed by atoms with Gasteiger partial charge in [0.2, 0.25) is 0 Å². The predicted octanol–water partition coefficient (Wildman–Crippen LogP) is 10.2. The maximum Gasteiger partial charge on any atom is 0.307 e. The van der Waals surface area contributed by atoms with Crippen LogP contribution in [0.4, 0.5) is 0 Å². The molecule has 9 aromatic rings. The van der Waals surface area contributed by atoms with Crippen LogP contribution >= 0.6 is 0 Å². The summed E-state index contributed by atoms with van der Waals surface area (Å²) in [6.07, 6.45) is 0. The third-order valence-electron chi connectivity index (χ3n) is 8.37. The van der Waals surface area contributed by atoms with Crippen molar-refractivity contribution in [2.24, 2.45) is 0 Å². The van der Waals surface area contributed by atoms with E-state index < -0.39 is 0 Å². The molecule has 6 aromatic carbocycles. The van der Waals surface area contributed by atoms with Crippen LogP contribution in [-0.4, -0.2) is 14.1 Å².